The summed E-state index contributed by atoms with van der Waals surface area (Å²) < 4.78 is 6.96. The minimum atomic E-state index is 0.570. The van der Waals surface area contributed by atoms with E-state index in [2.05, 4.69) is 44.1 Å². The first kappa shape index (κ1) is 20.6. The highest BCUT2D eigenvalue weighted by atomic mass is 32.1. The zero-order chi connectivity index (χ0) is 22.9. The van der Waals surface area contributed by atoms with E-state index in [1.807, 2.05) is 59.9 Å². The summed E-state index contributed by atoms with van der Waals surface area (Å²) in [6.45, 7) is 1.81. The summed E-state index contributed by atoms with van der Waals surface area (Å²) in [5, 5.41) is 1.99. The standard InChI is InChI=1S/C26H22N6OS/c1-31(20-6-8-21(9-7-20)33-25-24-22(12-15-34-24)28-17-29-25)26-27-13-10-23(30-26)32-14-11-18-4-2-3-5-19(18)16-32/h2-10,12-13,15,17H,11,14,16H2,1H3. The van der Waals surface area contributed by atoms with Crippen molar-refractivity contribution in [3.8, 4) is 11.6 Å². The Bertz CT molecular complexity index is 1450. The predicted molar refractivity (Wildman–Crippen MR) is 135 cm³/mol. The van der Waals surface area contributed by atoms with E-state index in [-0.39, 0.29) is 0 Å². The van der Waals surface area contributed by atoms with Crippen LogP contribution in [-0.2, 0) is 13.0 Å². The zero-order valence-corrected chi connectivity index (χ0v) is 19.4. The van der Waals surface area contributed by atoms with Crippen molar-refractivity contribution in [2.24, 2.45) is 0 Å². The third-order valence-corrected chi connectivity index (χ3v) is 6.92. The van der Waals surface area contributed by atoms with Crippen molar-refractivity contribution >= 4 is 39.0 Å². The molecule has 0 saturated heterocycles. The third kappa shape index (κ3) is 3.92. The van der Waals surface area contributed by atoms with Gasteiger partial charge in [0.25, 0.3) is 0 Å². The Labute approximate surface area is 201 Å². The molecule has 2 aromatic carbocycles. The number of nitrogens with zero attached hydrogens (tertiary/aromatic N) is 6. The van der Waals surface area contributed by atoms with Crippen LogP contribution >= 0.6 is 11.3 Å². The van der Waals surface area contributed by atoms with Gasteiger partial charge in [-0.1, -0.05) is 24.3 Å². The Morgan fingerprint density at radius 1 is 0.941 bits per heavy atom. The van der Waals surface area contributed by atoms with Gasteiger partial charge in [-0.05, 0) is 59.3 Å². The fraction of sp³-hybridized carbons (Fsp3) is 0.154. The van der Waals surface area contributed by atoms with Gasteiger partial charge in [0.15, 0.2) is 0 Å². The summed E-state index contributed by atoms with van der Waals surface area (Å²) in [4.78, 5) is 22.2. The lowest BCUT2D eigenvalue weighted by Crippen LogP contribution is -2.31. The van der Waals surface area contributed by atoms with Gasteiger partial charge in [-0.2, -0.15) is 4.98 Å². The summed E-state index contributed by atoms with van der Waals surface area (Å²) in [5.74, 6) is 2.88. The molecule has 168 valence electrons. The number of hydrogen-bond donors (Lipinski definition) is 0. The second-order valence-electron chi connectivity index (χ2n) is 8.12. The molecular weight excluding hydrogens is 444 g/mol. The Balaban J connectivity index is 1.19. The molecule has 6 rings (SSSR count). The molecule has 1 aliphatic heterocycles. The molecule has 0 amide bonds. The van der Waals surface area contributed by atoms with Gasteiger partial charge in [0.2, 0.25) is 11.8 Å². The van der Waals surface area contributed by atoms with E-state index in [1.165, 1.54) is 17.5 Å². The molecule has 0 spiro atoms. The van der Waals surface area contributed by atoms with Crippen molar-refractivity contribution in [1.82, 2.24) is 19.9 Å². The van der Waals surface area contributed by atoms with Crippen molar-refractivity contribution in [1.29, 1.82) is 0 Å². The molecule has 4 heterocycles. The summed E-state index contributed by atoms with van der Waals surface area (Å²) >= 11 is 1.57. The Morgan fingerprint density at radius 2 is 1.79 bits per heavy atom. The molecule has 0 fully saturated rings. The minimum Gasteiger partial charge on any atom is -0.437 e. The lowest BCUT2D eigenvalue weighted by atomic mass is 10.00. The minimum absolute atomic E-state index is 0.570. The maximum atomic E-state index is 6.02. The van der Waals surface area contributed by atoms with Crippen molar-refractivity contribution in [2.45, 2.75) is 13.0 Å². The van der Waals surface area contributed by atoms with Gasteiger partial charge in [0, 0.05) is 32.0 Å². The van der Waals surface area contributed by atoms with E-state index in [0.29, 0.717) is 17.6 Å². The molecule has 0 aliphatic carbocycles. The fourth-order valence-corrected chi connectivity index (χ4v) is 4.94. The normalized spacial score (nSPS) is 13.0. The van der Waals surface area contributed by atoms with Gasteiger partial charge < -0.3 is 14.5 Å². The Morgan fingerprint density at radius 3 is 2.68 bits per heavy atom. The summed E-state index contributed by atoms with van der Waals surface area (Å²) in [5.41, 5.74) is 4.65. The highest BCUT2D eigenvalue weighted by Gasteiger charge is 2.18. The maximum absolute atomic E-state index is 6.02. The van der Waals surface area contributed by atoms with Crippen LogP contribution in [0.3, 0.4) is 0 Å². The molecule has 0 radical (unpaired) electrons. The maximum Gasteiger partial charge on any atom is 0.240 e. The van der Waals surface area contributed by atoms with Crippen molar-refractivity contribution in [2.75, 3.05) is 23.4 Å². The van der Waals surface area contributed by atoms with Crippen LogP contribution in [0.4, 0.5) is 17.5 Å². The number of hydrogen-bond acceptors (Lipinski definition) is 8. The monoisotopic (exact) mass is 466 g/mol. The van der Waals surface area contributed by atoms with E-state index in [0.717, 1.165) is 41.2 Å². The molecule has 0 atom stereocenters. The van der Waals surface area contributed by atoms with Gasteiger partial charge >= 0.3 is 0 Å². The van der Waals surface area contributed by atoms with Gasteiger partial charge in [0.05, 0.1) is 5.52 Å². The van der Waals surface area contributed by atoms with E-state index < -0.39 is 0 Å². The SMILES string of the molecule is CN(c1ccc(Oc2ncnc3ccsc23)cc1)c1nccc(N2CCc3ccccc3C2)n1. The number of aromatic nitrogens is 4. The highest BCUT2D eigenvalue weighted by molar-refractivity contribution is 7.17. The zero-order valence-electron chi connectivity index (χ0n) is 18.6. The van der Waals surface area contributed by atoms with Crippen LogP contribution in [0.15, 0.2) is 78.6 Å². The van der Waals surface area contributed by atoms with Crippen LogP contribution in [0.2, 0.25) is 0 Å². The molecule has 7 nitrogen and oxygen atoms in total. The smallest absolute Gasteiger partial charge is 0.240 e. The molecule has 3 aromatic heterocycles. The van der Waals surface area contributed by atoms with E-state index in [9.17, 15) is 0 Å². The number of rotatable bonds is 5. The van der Waals surface area contributed by atoms with Crippen LogP contribution < -0.4 is 14.5 Å². The first-order chi connectivity index (χ1) is 16.7. The number of thiophene rings is 1. The molecule has 0 unspecified atom stereocenters. The highest BCUT2D eigenvalue weighted by Crippen LogP contribution is 2.32. The van der Waals surface area contributed by atoms with Crippen molar-refractivity contribution in [3.05, 3.63) is 89.7 Å². The van der Waals surface area contributed by atoms with Gasteiger partial charge in [-0.25, -0.2) is 15.0 Å². The average molecular weight is 467 g/mol. The first-order valence-electron chi connectivity index (χ1n) is 11.1. The molecule has 5 aromatic rings. The van der Waals surface area contributed by atoms with Gasteiger partial charge in [-0.3, -0.25) is 0 Å². The predicted octanol–water partition coefficient (Wildman–Crippen LogP) is 5.60. The van der Waals surface area contributed by atoms with E-state index in [1.54, 1.807) is 11.3 Å². The second kappa shape index (κ2) is 8.72. The van der Waals surface area contributed by atoms with E-state index >= 15 is 0 Å². The molecular formula is C26H22N6OS. The second-order valence-corrected chi connectivity index (χ2v) is 9.04. The first-order valence-corrected chi connectivity index (χ1v) is 12.0. The average Bonchev–Trinajstić information content (AvgIpc) is 3.39. The number of ether oxygens (including phenoxy) is 1. The van der Waals surface area contributed by atoms with Crippen LogP contribution in [0.25, 0.3) is 10.2 Å². The lowest BCUT2D eigenvalue weighted by molar-refractivity contribution is 0.469. The Hall–Kier alpha value is -4.04. The molecule has 1 aliphatic rings. The van der Waals surface area contributed by atoms with Gasteiger partial charge in [-0.15, -0.1) is 11.3 Å². The van der Waals surface area contributed by atoms with Crippen LogP contribution in [0.5, 0.6) is 11.6 Å². The fourth-order valence-electron chi connectivity index (χ4n) is 4.17. The third-order valence-electron chi connectivity index (χ3n) is 6.03. The summed E-state index contributed by atoms with van der Waals surface area (Å²) in [6.07, 6.45) is 4.38. The number of anilines is 3. The lowest BCUT2D eigenvalue weighted by Gasteiger charge is -2.30. The molecule has 34 heavy (non-hydrogen) atoms. The molecule has 0 N–H and O–H groups in total. The summed E-state index contributed by atoms with van der Waals surface area (Å²) in [7, 11) is 1.97. The van der Waals surface area contributed by atoms with Crippen LogP contribution in [0.1, 0.15) is 11.1 Å². The quantitative estimate of drug-likeness (QED) is 0.334. The number of benzene rings is 2. The molecule has 8 heteroatoms. The number of fused-ring (bicyclic) bond motifs is 2. The Kier molecular flexibility index (Phi) is 5.27. The van der Waals surface area contributed by atoms with E-state index in [4.69, 9.17) is 9.72 Å². The van der Waals surface area contributed by atoms with Gasteiger partial charge in [0.1, 0.15) is 22.6 Å². The summed E-state index contributed by atoms with van der Waals surface area (Å²) in [6, 6.07) is 20.4. The molecule has 0 bridgehead atoms. The van der Waals surface area contributed by atoms with Crippen molar-refractivity contribution < 1.29 is 4.74 Å². The van der Waals surface area contributed by atoms with Crippen molar-refractivity contribution in [3.63, 3.8) is 0 Å². The molecule has 0 saturated carbocycles. The van der Waals surface area contributed by atoms with Crippen LogP contribution in [-0.4, -0.2) is 33.5 Å². The largest absolute Gasteiger partial charge is 0.437 e. The topological polar surface area (TPSA) is 67.3 Å². The van der Waals surface area contributed by atoms with Crippen LogP contribution in [0, 0.1) is 0 Å².